The van der Waals surface area contributed by atoms with Crippen molar-refractivity contribution in [2.45, 2.75) is 0 Å². The summed E-state index contributed by atoms with van der Waals surface area (Å²) in [4.78, 5) is 0. The zero-order valence-electron chi connectivity index (χ0n) is 5.40. The van der Waals surface area contributed by atoms with Gasteiger partial charge in [0.1, 0.15) is 0 Å². The molecule has 0 heterocycles. The molecule has 0 aliphatic carbocycles. The van der Waals surface area contributed by atoms with Crippen LogP contribution in [0.2, 0.25) is 0 Å². The van der Waals surface area contributed by atoms with Gasteiger partial charge < -0.3 is 0 Å². The Morgan fingerprint density at radius 1 is 1.09 bits per heavy atom. The molecule has 2 nitrogen and oxygen atoms in total. The van der Waals surface area contributed by atoms with E-state index in [1.165, 1.54) is 12.1 Å². The summed E-state index contributed by atoms with van der Waals surface area (Å²) in [6.07, 6.45) is 0. The molecule has 0 aliphatic heterocycles. The quantitative estimate of drug-likeness (QED) is 0.692. The van der Waals surface area contributed by atoms with E-state index in [9.17, 15) is 7.67 Å². The van der Waals surface area contributed by atoms with Crippen LogP contribution in [0.1, 0.15) is 0 Å². The van der Waals surface area contributed by atoms with Crippen molar-refractivity contribution >= 4 is 26.4 Å². The van der Waals surface area contributed by atoms with Crippen LogP contribution in [0.3, 0.4) is 0 Å². The van der Waals surface area contributed by atoms with Crippen molar-refractivity contribution in [3.05, 3.63) is 30.3 Å². The predicted molar refractivity (Wildman–Crippen MR) is 41.6 cm³/mol. The molecular formula is C6H6ClFO2Se. The molecule has 0 saturated heterocycles. The van der Waals surface area contributed by atoms with Gasteiger partial charge in [-0.1, -0.05) is 0 Å². The summed E-state index contributed by atoms with van der Waals surface area (Å²) < 4.78 is 21.6. The van der Waals surface area contributed by atoms with Crippen LogP contribution < -0.4 is 4.46 Å². The van der Waals surface area contributed by atoms with Gasteiger partial charge in [-0.25, -0.2) is 0 Å². The van der Waals surface area contributed by atoms with Crippen LogP contribution in [-0.2, 0) is 7.67 Å². The third-order valence-corrected chi connectivity index (χ3v) is 3.70. The Hall–Kier alpha value is -0.441. The molecule has 5 heteroatoms. The molecule has 1 aromatic carbocycles. The van der Waals surface area contributed by atoms with Gasteiger partial charge in [-0.15, -0.1) is 0 Å². The van der Waals surface area contributed by atoms with Crippen molar-refractivity contribution in [3.8, 4) is 0 Å². The minimum atomic E-state index is -4.23. The third-order valence-electron chi connectivity index (χ3n) is 1.02. The van der Waals surface area contributed by atoms with E-state index in [2.05, 4.69) is 0 Å². The van der Waals surface area contributed by atoms with Crippen LogP contribution in [0.4, 0.5) is 4.70 Å². The number of benzene rings is 1. The fourth-order valence-electron chi connectivity index (χ4n) is 0.583. The zero-order chi connectivity index (χ0) is 7.61. The SMILES string of the molecule is F.O=[Se](=O)(Cl)c1ccccc1. The summed E-state index contributed by atoms with van der Waals surface area (Å²) in [6.45, 7) is 0. The topological polar surface area (TPSA) is 34.1 Å². The third kappa shape index (κ3) is 2.97. The van der Waals surface area contributed by atoms with E-state index >= 15 is 0 Å². The van der Waals surface area contributed by atoms with Gasteiger partial charge in [0.25, 0.3) is 0 Å². The van der Waals surface area contributed by atoms with E-state index in [1.807, 2.05) is 0 Å². The first-order valence-electron chi connectivity index (χ1n) is 2.60. The van der Waals surface area contributed by atoms with E-state index < -0.39 is 11.8 Å². The first-order valence-corrected chi connectivity index (χ1v) is 7.11. The molecule has 0 N–H and O–H groups in total. The standard InChI is InChI=1S/C6H5ClO2Se.FH/c7-10(8,9)6-4-2-1-3-5-6;/h1-5H;1H. The molecule has 0 unspecified atom stereocenters. The molecule has 1 rings (SSSR count). The second kappa shape index (κ2) is 3.81. The molecule has 0 fully saturated rings. The first-order chi connectivity index (χ1) is 4.61. The van der Waals surface area contributed by atoms with Gasteiger partial charge in [0.05, 0.1) is 0 Å². The molecular weight excluding hydrogens is 237 g/mol. The molecule has 62 valence electrons. The zero-order valence-corrected chi connectivity index (χ0v) is 7.87. The van der Waals surface area contributed by atoms with E-state index in [-0.39, 0.29) is 9.17 Å². The molecule has 0 saturated carbocycles. The maximum atomic E-state index is 10.7. The molecule has 0 aromatic heterocycles. The molecule has 1 aromatic rings. The summed E-state index contributed by atoms with van der Waals surface area (Å²) >= 11 is -4.23. The second-order valence-electron chi connectivity index (χ2n) is 1.75. The molecule has 0 aliphatic rings. The Morgan fingerprint density at radius 3 is 1.82 bits per heavy atom. The van der Waals surface area contributed by atoms with Gasteiger partial charge in [0.15, 0.2) is 0 Å². The van der Waals surface area contributed by atoms with Crippen molar-refractivity contribution < 1.29 is 12.4 Å². The summed E-state index contributed by atoms with van der Waals surface area (Å²) in [5.41, 5.74) is 0. The van der Waals surface area contributed by atoms with Crippen molar-refractivity contribution in [1.29, 1.82) is 0 Å². The number of halogens is 2. The van der Waals surface area contributed by atoms with Crippen LogP contribution in [0, 0.1) is 0 Å². The Bertz CT molecular complexity index is 309. The van der Waals surface area contributed by atoms with Gasteiger partial charge in [-0.05, 0) is 0 Å². The average Bonchev–Trinajstić information content (AvgIpc) is 1.88. The Balaban J connectivity index is 0.000001000. The van der Waals surface area contributed by atoms with E-state index in [0.717, 1.165) is 0 Å². The van der Waals surface area contributed by atoms with E-state index in [4.69, 9.17) is 10.1 Å². The second-order valence-corrected chi connectivity index (χ2v) is 6.69. The normalized spacial score (nSPS) is 10.3. The Morgan fingerprint density at radius 2 is 1.55 bits per heavy atom. The van der Waals surface area contributed by atoms with Gasteiger partial charge >= 0.3 is 64.4 Å². The molecule has 0 spiro atoms. The summed E-state index contributed by atoms with van der Waals surface area (Å²) in [6, 6.07) is 7.97. The monoisotopic (exact) mass is 244 g/mol. The molecule has 0 bridgehead atoms. The van der Waals surface area contributed by atoms with Crippen molar-refractivity contribution in [1.82, 2.24) is 0 Å². The van der Waals surface area contributed by atoms with Crippen molar-refractivity contribution in [3.63, 3.8) is 0 Å². The van der Waals surface area contributed by atoms with E-state index in [1.54, 1.807) is 18.2 Å². The van der Waals surface area contributed by atoms with Gasteiger partial charge in [0, 0.05) is 0 Å². The summed E-state index contributed by atoms with van der Waals surface area (Å²) in [7, 11) is 5.10. The van der Waals surface area contributed by atoms with Crippen LogP contribution in [0.15, 0.2) is 30.3 Å². The fraction of sp³-hybridized carbons (Fsp3) is 0. The summed E-state index contributed by atoms with van der Waals surface area (Å²) in [5.74, 6) is 0. The van der Waals surface area contributed by atoms with Crippen molar-refractivity contribution in [2.75, 3.05) is 0 Å². The van der Waals surface area contributed by atoms with Gasteiger partial charge in [-0.3, -0.25) is 4.70 Å². The van der Waals surface area contributed by atoms with Crippen molar-refractivity contribution in [2.24, 2.45) is 0 Å². The maximum absolute atomic E-state index is 10.7. The van der Waals surface area contributed by atoms with Gasteiger partial charge in [0.2, 0.25) is 0 Å². The van der Waals surface area contributed by atoms with Crippen LogP contribution in [0.25, 0.3) is 0 Å². The Kier molecular flexibility index (Phi) is 3.66. The molecule has 0 radical (unpaired) electrons. The predicted octanol–water partition coefficient (Wildman–Crippen LogP) is 1.08. The number of rotatable bonds is 1. The van der Waals surface area contributed by atoms with Crippen LogP contribution in [0.5, 0.6) is 0 Å². The summed E-state index contributed by atoms with van der Waals surface area (Å²) in [5, 5.41) is 0. The van der Waals surface area contributed by atoms with Gasteiger partial charge in [-0.2, -0.15) is 0 Å². The minimum absolute atomic E-state index is 0. The molecule has 11 heavy (non-hydrogen) atoms. The van der Waals surface area contributed by atoms with E-state index in [0.29, 0.717) is 0 Å². The van der Waals surface area contributed by atoms with Crippen LogP contribution in [-0.4, -0.2) is 11.8 Å². The van der Waals surface area contributed by atoms with Crippen LogP contribution >= 0.6 is 10.1 Å². The first kappa shape index (κ1) is 10.6. The number of hydrogen-bond acceptors (Lipinski definition) is 2. The number of hydrogen-bond donors (Lipinski definition) is 0. The Labute approximate surface area is 69.4 Å². The molecule has 0 atom stereocenters. The average molecular weight is 244 g/mol. The fourth-order valence-corrected chi connectivity index (χ4v) is 2.13. The molecule has 0 amide bonds.